The van der Waals surface area contributed by atoms with Gasteiger partial charge in [-0.05, 0) is 24.6 Å². The lowest BCUT2D eigenvalue weighted by Crippen LogP contribution is -2.07. The average molecular weight is 224 g/mol. The third kappa shape index (κ3) is 1.83. The molecule has 1 aromatic carbocycles. The quantitative estimate of drug-likeness (QED) is 0.722. The van der Waals surface area contributed by atoms with Gasteiger partial charge < -0.3 is 4.74 Å². The fourth-order valence-corrected chi connectivity index (χ4v) is 1.54. The van der Waals surface area contributed by atoms with E-state index in [9.17, 15) is 13.6 Å². The molecule has 0 aromatic heterocycles. The minimum Gasteiger partial charge on any atom is -0.489 e. The molecule has 2 rings (SSSR count). The standard InChI is InChI=1S/C12H10F2O2/c1-7-5-8(10(14)6-9(7)13)12(15)11-3-2-4-16-11/h3,5-6H,2,4H2,1H3. The first-order valence-electron chi connectivity index (χ1n) is 4.93. The van der Waals surface area contributed by atoms with Gasteiger partial charge in [0.1, 0.15) is 11.6 Å². The molecule has 0 spiro atoms. The first kappa shape index (κ1) is 10.8. The molecular weight excluding hydrogens is 214 g/mol. The van der Waals surface area contributed by atoms with E-state index < -0.39 is 17.4 Å². The van der Waals surface area contributed by atoms with E-state index in [0.717, 1.165) is 6.07 Å². The van der Waals surface area contributed by atoms with Crippen LogP contribution in [0.1, 0.15) is 22.3 Å². The highest BCUT2D eigenvalue weighted by molar-refractivity contribution is 6.07. The summed E-state index contributed by atoms with van der Waals surface area (Å²) in [6, 6.07) is 1.92. The van der Waals surface area contributed by atoms with Gasteiger partial charge >= 0.3 is 0 Å². The topological polar surface area (TPSA) is 26.3 Å². The molecule has 0 saturated heterocycles. The largest absolute Gasteiger partial charge is 0.489 e. The molecule has 84 valence electrons. The maximum Gasteiger partial charge on any atom is 0.230 e. The van der Waals surface area contributed by atoms with Crippen molar-refractivity contribution in [1.82, 2.24) is 0 Å². The van der Waals surface area contributed by atoms with Crippen molar-refractivity contribution in [2.75, 3.05) is 6.61 Å². The minimum atomic E-state index is -0.857. The van der Waals surface area contributed by atoms with Crippen LogP contribution in [0.15, 0.2) is 24.0 Å². The number of benzene rings is 1. The van der Waals surface area contributed by atoms with E-state index in [0.29, 0.717) is 13.0 Å². The average Bonchev–Trinajstić information content (AvgIpc) is 2.75. The van der Waals surface area contributed by atoms with Crippen molar-refractivity contribution < 1.29 is 18.3 Å². The molecule has 1 aromatic rings. The number of hydrogen-bond acceptors (Lipinski definition) is 2. The summed E-state index contributed by atoms with van der Waals surface area (Å²) < 4.78 is 31.4. The number of aryl methyl sites for hydroxylation is 1. The number of halogens is 2. The van der Waals surface area contributed by atoms with Gasteiger partial charge in [0, 0.05) is 12.5 Å². The van der Waals surface area contributed by atoms with Gasteiger partial charge in [0.05, 0.1) is 12.2 Å². The predicted molar refractivity (Wildman–Crippen MR) is 54.1 cm³/mol. The number of carbonyl (C=O) groups is 1. The van der Waals surface area contributed by atoms with E-state index in [4.69, 9.17) is 4.74 Å². The number of ether oxygens (including phenoxy) is 1. The Balaban J connectivity index is 2.40. The molecule has 0 unspecified atom stereocenters. The second kappa shape index (κ2) is 4.04. The van der Waals surface area contributed by atoms with Crippen molar-refractivity contribution >= 4 is 5.78 Å². The Morgan fingerprint density at radius 3 is 2.69 bits per heavy atom. The van der Waals surface area contributed by atoms with Gasteiger partial charge in [0.2, 0.25) is 5.78 Å². The molecule has 4 heteroatoms. The SMILES string of the molecule is Cc1cc(C(=O)C2=CCCO2)c(F)cc1F. The van der Waals surface area contributed by atoms with Gasteiger partial charge in [0.15, 0.2) is 5.76 Å². The molecule has 0 fully saturated rings. The number of Topliss-reactive ketones (excluding diaryl/α,β-unsaturated/α-hetero) is 1. The lowest BCUT2D eigenvalue weighted by molar-refractivity contribution is 0.0938. The normalized spacial score (nSPS) is 14.6. The Bertz CT molecular complexity index is 478. The van der Waals surface area contributed by atoms with Crippen molar-refractivity contribution in [2.24, 2.45) is 0 Å². The summed E-state index contributed by atoms with van der Waals surface area (Å²) in [7, 11) is 0. The van der Waals surface area contributed by atoms with Crippen LogP contribution < -0.4 is 0 Å². The number of allylic oxidation sites excluding steroid dienone is 1. The van der Waals surface area contributed by atoms with Crippen LogP contribution in [0.2, 0.25) is 0 Å². The van der Waals surface area contributed by atoms with Crippen molar-refractivity contribution in [3.05, 3.63) is 46.7 Å². The summed E-state index contributed by atoms with van der Waals surface area (Å²) >= 11 is 0. The smallest absolute Gasteiger partial charge is 0.230 e. The molecule has 16 heavy (non-hydrogen) atoms. The van der Waals surface area contributed by atoms with Gasteiger partial charge in [-0.3, -0.25) is 4.79 Å². The Morgan fingerprint density at radius 1 is 1.31 bits per heavy atom. The summed E-state index contributed by atoms with van der Waals surface area (Å²) in [4.78, 5) is 11.8. The van der Waals surface area contributed by atoms with Crippen LogP contribution in [0.3, 0.4) is 0 Å². The Hall–Kier alpha value is -1.71. The number of hydrogen-bond donors (Lipinski definition) is 0. The Morgan fingerprint density at radius 2 is 2.06 bits per heavy atom. The maximum atomic E-state index is 13.4. The highest BCUT2D eigenvalue weighted by Gasteiger charge is 2.21. The molecule has 0 saturated carbocycles. The molecular formula is C12H10F2O2. The van der Waals surface area contributed by atoms with E-state index in [1.165, 1.54) is 13.0 Å². The first-order valence-corrected chi connectivity index (χ1v) is 4.93. The second-order valence-corrected chi connectivity index (χ2v) is 3.62. The molecule has 0 N–H and O–H groups in total. The highest BCUT2D eigenvalue weighted by Crippen LogP contribution is 2.20. The molecule has 1 heterocycles. The molecule has 0 bridgehead atoms. The number of rotatable bonds is 2. The number of ketones is 1. The van der Waals surface area contributed by atoms with E-state index in [-0.39, 0.29) is 16.9 Å². The lowest BCUT2D eigenvalue weighted by atomic mass is 10.1. The summed E-state index contributed by atoms with van der Waals surface area (Å²) in [6.07, 6.45) is 2.25. The van der Waals surface area contributed by atoms with Crippen LogP contribution in [0.5, 0.6) is 0 Å². The van der Waals surface area contributed by atoms with Gasteiger partial charge in [-0.25, -0.2) is 8.78 Å². The highest BCUT2D eigenvalue weighted by atomic mass is 19.1. The molecule has 0 radical (unpaired) electrons. The zero-order chi connectivity index (χ0) is 11.7. The molecule has 1 aliphatic heterocycles. The van der Waals surface area contributed by atoms with Crippen LogP contribution in [0.4, 0.5) is 8.78 Å². The second-order valence-electron chi connectivity index (χ2n) is 3.62. The van der Waals surface area contributed by atoms with Gasteiger partial charge in [-0.2, -0.15) is 0 Å². The van der Waals surface area contributed by atoms with Crippen LogP contribution in [0, 0.1) is 18.6 Å². The molecule has 0 atom stereocenters. The van der Waals surface area contributed by atoms with E-state index in [1.54, 1.807) is 6.08 Å². The fraction of sp³-hybridized carbons (Fsp3) is 0.250. The lowest BCUT2D eigenvalue weighted by Gasteiger charge is -2.06. The summed E-state index contributed by atoms with van der Waals surface area (Å²) in [5.41, 5.74) is 0.0930. The zero-order valence-corrected chi connectivity index (χ0v) is 8.72. The Labute approximate surface area is 91.5 Å². The summed E-state index contributed by atoms with van der Waals surface area (Å²) in [5, 5.41) is 0. The van der Waals surface area contributed by atoms with Crippen LogP contribution in [0.25, 0.3) is 0 Å². The molecule has 0 aliphatic carbocycles. The third-order valence-electron chi connectivity index (χ3n) is 2.42. The van der Waals surface area contributed by atoms with Crippen molar-refractivity contribution in [2.45, 2.75) is 13.3 Å². The van der Waals surface area contributed by atoms with Crippen LogP contribution in [-0.4, -0.2) is 12.4 Å². The predicted octanol–water partition coefficient (Wildman–Crippen LogP) is 2.76. The summed E-state index contributed by atoms with van der Waals surface area (Å²) in [6.45, 7) is 1.91. The fourth-order valence-electron chi connectivity index (χ4n) is 1.54. The monoisotopic (exact) mass is 224 g/mol. The maximum absolute atomic E-state index is 13.4. The molecule has 1 aliphatic rings. The summed E-state index contributed by atoms with van der Waals surface area (Å²) in [5.74, 6) is -1.90. The van der Waals surface area contributed by atoms with Crippen molar-refractivity contribution in [1.29, 1.82) is 0 Å². The van der Waals surface area contributed by atoms with Crippen LogP contribution in [-0.2, 0) is 4.74 Å². The van der Waals surface area contributed by atoms with E-state index in [1.807, 2.05) is 0 Å². The molecule has 2 nitrogen and oxygen atoms in total. The van der Waals surface area contributed by atoms with Crippen molar-refractivity contribution in [3.63, 3.8) is 0 Å². The van der Waals surface area contributed by atoms with Gasteiger partial charge in [0.25, 0.3) is 0 Å². The van der Waals surface area contributed by atoms with Crippen molar-refractivity contribution in [3.8, 4) is 0 Å². The number of carbonyl (C=O) groups excluding carboxylic acids is 1. The van der Waals surface area contributed by atoms with Crippen LogP contribution >= 0.6 is 0 Å². The van der Waals surface area contributed by atoms with Gasteiger partial charge in [-0.1, -0.05) is 0 Å². The first-order chi connectivity index (χ1) is 7.59. The third-order valence-corrected chi connectivity index (χ3v) is 2.42. The Kier molecular flexibility index (Phi) is 2.73. The van der Waals surface area contributed by atoms with E-state index in [2.05, 4.69) is 0 Å². The molecule has 0 amide bonds. The van der Waals surface area contributed by atoms with Gasteiger partial charge in [-0.15, -0.1) is 0 Å². The zero-order valence-electron chi connectivity index (χ0n) is 8.72. The minimum absolute atomic E-state index is 0.143. The van der Waals surface area contributed by atoms with E-state index >= 15 is 0 Å².